The van der Waals surface area contributed by atoms with Gasteiger partial charge in [0.05, 0.1) is 17.6 Å². The fourth-order valence-electron chi connectivity index (χ4n) is 1.30. The van der Waals surface area contributed by atoms with Gasteiger partial charge in [-0.3, -0.25) is 9.78 Å². The zero-order valence-electron chi connectivity index (χ0n) is 9.72. The highest BCUT2D eigenvalue weighted by molar-refractivity contribution is 7.91. The molecule has 0 unspecified atom stereocenters. The quantitative estimate of drug-likeness (QED) is 0.769. The van der Waals surface area contributed by atoms with E-state index in [1.807, 2.05) is 0 Å². The van der Waals surface area contributed by atoms with Gasteiger partial charge in [-0.15, -0.1) is 0 Å². The minimum absolute atomic E-state index is 0.0458. The molecular formula is C11H16N2O3S. The van der Waals surface area contributed by atoms with Crippen LogP contribution >= 0.6 is 0 Å². The summed E-state index contributed by atoms with van der Waals surface area (Å²) in [5.41, 5.74) is 6.27. The third kappa shape index (κ3) is 4.52. The average Bonchev–Trinajstić information content (AvgIpc) is 2.29. The summed E-state index contributed by atoms with van der Waals surface area (Å²) in [5, 5.41) is 0. The molecule has 0 bridgehead atoms. The SMILES string of the molecule is CCS(=O)(=O)CCCC(=O)c1ccc(N)cn1. The molecule has 17 heavy (non-hydrogen) atoms. The van der Waals surface area contributed by atoms with Crippen LogP contribution in [0.25, 0.3) is 0 Å². The maximum atomic E-state index is 11.6. The molecule has 5 nitrogen and oxygen atoms in total. The number of ketones is 1. The van der Waals surface area contributed by atoms with Gasteiger partial charge in [0.1, 0.15) is 15.5 Å². The van der Waals surface area contributed by atoms with Crippen LogP contribution in [0.5, 0.6) is 0 Å². The molecule has 0 aliphatic rings. The van der Waals surface area contributed by atoms with Crippen molar-refractivity contribution in [2.24, 2.45) is 0 Å². The van der Waals surface area contributed by atoms with Crippen molar-refractivity contribution in [3.05, 3.63) is 24.0 Å². The monoisotopic (exact) mass is 256 g/mol. The highest BCUT2D eigenvalue weighted by Gasteiger charge is 2.11. The van der Waals surface area contributed by atoms with Gasteiger partial charge in [0, 0.05) is 12.2 Å². The topological polar surface area (TPSA) is 90.1 Å². The number of carbonyl (C=O) groups is 1. The Labute approximate surface area is 101 Å². The number of nitrogens with two attached hydrogens (primary N) is 1. The Kier molecular flexibility index (Phi) is 4.62. The third-order valence-electron chi connectivity index (χ3n) is 2.37. The van der Waals surface area contributed by atoms with Crippen molar-refractivity contribution in [2.75, 3.05) is 17.2 Å². The van der Waals surface area contributed by atoms with Crippen LogP contribution in [0.4, 0.5) is 5.69 Å². The van der Waals surface area contributed by atoms with Gasteiger partial charge in [-0.1, -0.05) is 6.92 Å². The summed E-state index contributed by atoms with van der Waals surface area (Å²) < 4.78 is 22.4. The second kappa shape index (κ2) is 5.77. The zero-order valence-corrected chi connectivity index (χ0v) is 10.5. The standard InChI is InChI=1S/C11H16N2O3S/c1-2-17(15,16)7-3-4-11(14)10-6-5-9(12)8-13-10/h5-6,8H,2-4,7,12H2,1H3. The molecule has 0 atom stereocenters. The van der Waals surface area contributed by atoms with Crippen molar-refractivity contribution in [3.63, 3.8) is 0 Å². The fraction of sp³-hybridized carbons (Fsp3) is 0.455. The number of rotatable bonds is 6. The smallest absolute Gasteiger partial charge is 0.181 e. The van der Waals surface area contributed by atoms with Gasteiger partial charge in [0.25, 0.3) is 0 Å². The number of Topliss-reactive ketones (excluding diaryl/α,β-unsaturated/α-hetero) is 1. The first kappa shape index (κ1) is 13.6. The fourth-order valence-corrected chi connectivity index (χ4v) is 2.17. The van der Waals surface area contributed by atoms with Crippen LogP contribution in [-0.2, 0) is 9.84 Å². The molecule has 1 rings (SSSR count). The van der Waals surface area contributed by atoms with E-state index in [0.717, 1.165) is 0 Å². The van der Waals surface area contributed by atoms with Crippen LogP contribution in [0, 0.1) is 0 Å². The molecule has 1 heterocycles. The van der Waals surface area contributed by atoms with Crippen molar-refractivity contribution in [1.82, 2.24) is 4.98 Å². The first-order valence-corrected chi connectivity index (χ1v) is 7.22. The van der Waals surface area contributed by atoms with Gasteiger partial charge in [0.15, 0.2) is 5.78 Å². The maximum Gasteiger partial charge on any atom is 0.181 e. The lowest BCUT2D eigenvalue weighted by molar-refractivity contribution is 0.0977. The van der Waals surface area contributed by atoms with Crippen LogP contribution in [0.2, 0.25) is 0 Å². The number of pyridine rings is 1. The number of nitrogens with zero attached hydrogens (tertiary/aromatic N) is 1. The molecule has 6 heteroatoms. The Morgan fingerprint density at radius 1 is 1.41 bits per heavy atom. The lowest BCUT2D eigenvalue weighted by Crippen LogP contribution is -2.11. The summed E-state index contributed by atoms with van der Waals surface area (Å²) in [5.74, 6) is 0.00206. The second-order valence-electron chi connectivity index (χ2n) is 3.74. The summed E-state index contributed by atoms with van der Waals surface area (Å²) in [6.07, 6.45) is 1.94. The lowest BCUT2D eigenvalue weighted by Gasteiger charge is -2.01. The number of anilines is 1. The van der Waals surface area contributed by atoms with E-state index in [0.29, 0.717) is 17.8 Å². The third-order valence-corrected chi connectivity index (χ3v) is 4.16. The average molecular weight is 256 g/mol. The molecule has 0 aliphatic carbocycles. The first-order chi connectivity index (χ1) is 7.94. The number of hydrogen-bond donors (Lipinski definition) is 1. The van der Waals surface area contributed by atoms with Gasteiger partial charge < -0.3 is 5.73 Å². The van der Waals surface area contributed by atoms with Crippen LogP contribution < -0.4 is 5.73 Å². The highest BCUT2D eigenvalue weighted by atomic mass is 32.2. The molecule has 0 amide bonds. The number of aromatic nitrogens is 1. The minimum Gasteiger partial charge on any atom is -0.397 e. The van der Waals surface area contributed by atoms with Gasteiger partial charge in [-0.25, -0.2) is 8.42 Å². The number of nitrogen functional groups attached to an aromatic ring is 1. The molecule has 0 fully saturated rings. The minimum atomic E-state index is -3.00. The first-order valence-electron chi connectivity index (χ1n) is 5.40. The summed E-state index contributed by atoms with van der Waals surface area (Å²) in [4.78, 5) is 15.5. The van der Waals surface area contributed by atoms with E-state index < -0.39 is 9.84 Å². The molecule has 1 aromatic heterocycles. The number of carbonyl (C=O) groups excluding carboxylic acids is 1. The summed E-state index contributed by atoms with van der Waals surface area (Å²) in [6.45, 7) is 1.60. The predicted molar refractivity (Wildman–Crippen MR) is 66.5 cm³/mol. The maximum absolute atomic E-state index is 11.6. The van der Waals surface area contributed by atoms with Crippen molar-refractivity contribution in [3.8, 4) is 0 Å². The van der Waals surface area contributed by atoms with E-state index in [-0.39, 0.29) is 23.7 Å². The molecule has 1 aromatic rings. The van der Waals surface area contributed by atoms with Gasteiger partial charge >= 0.3 is 0 Å². The van der Waals surface area contributed by atoms with E-state index in [9.17, 15) is 13.2 Å². The Bertz CT molecular complexity index is 480. The normalized spacial score (nSPS) is 11.4. The van der Waals surface area contributed by atoms with Gasteiger partial charge in [-0.2, -0.15) is 0 Å². The van der Waals surface area contributed by atoms with Crippen LogP contribution in [0.3, 0.4) is 0 Å². The zero-order chi connectivity index (χ0) is 12.9. The summed E-state index contributed by atoms with van der Waals surface area (Å²) in [7, 11) is -3.00. The Hall–Kier alpha value is -1.43. The predicted octanol–water partition coefficient (Wildman–Crippen LogP) is 1.06. The summed E-state index contributed by atoms with van der Waals surface area (Å²) >= 11 is 0. The van der Waals surface area contributed by atoms with Crippen molar-refractivity contribution >= 4 is 21.3 Å². The summed E-state index contributed by atoms with van der Waals surface area (Å²) in [6, 6.07) is 3.15. The van der Waals surface area contributed by atoms with Gasteiger partial charge in [-0.05, 0) is 18.6 Å². The molecule has 0 saturated heterocycles. The molecule has 0 aromatic carbocycles. The Morgan fingerprint density at radius 2 is 2.12 bits per heavy atom. The van der Waals surface area contributed by atoms with Crippen molar-refractivity contribution in [1.29, 1.82) is 0 Å². The molecule has 0 radical (unpaired) electrons. The molecule has 0 spiro atoms. The molecule has 0 saturated carbocycles. The van der Waals surface area contributed by atoms with E-state index in [2.05, 4.69) is 4.98 Å². The van der Waals surface area contributed by atoms with E-state index in [4.69, 9.17) is 5.73 Å². The number of hydrogen-bond acceptors (Lipinski definition) is 5. The largest absolute Gasteiger partial charge is 0.397 e. The molecular weight excluding hydrogens is 240 g/mol. The highest BCUT2D eigenvalue weighted by Crippen LogP contribution is 2.06. The molecule has 0 aliphatic heterocycles. The van der Waals surface area contributed by atoms with Crippen LogP contribution in [0.15, 0.2) is 18.3 Å². The molecule has 2 N–H and O–H groups in total. The van der Waals surface area contributed by atoms with Crippen LogP contribution in [0.1, 0.15) is 30.3 Å². The second-order valence-corrected chi connectivity index (χ2v) is 6.21. The van der Waals surface area contributed by atoms with Crippen molar-refractivity contribution in [2.45, 2.75) is 19.8 Å². The van der Waals surface area contributed by atoms with Gasteiger partial charge in [0.2, 0.25) is 0 Å². The van der Waals surface area contributed by atoms with E-state index in [1.54, 1.807) is 19.1 Å². The van der Waals surface area contributed by atoms with E-state index in [1.165, 1.54) is 6.20 Å². The van der Waals surface area contributed by atoms with Crippen molar-refractivity contribution < 1.29 is 13.2 Å². The number of sulfone groups is 1. The lowest BCUT2D eigenvalue weighted by atomic mass is 10.1. The van der Waals surface area contributed by atoms with E-state index >= 15 is 0 Å². The Balaban J connectivity index is 2.48. The van der Waals surface area contributed by atoms with Crippen LogP contribution in [-0.4, -0.2) is 30.7 Å². The molecule has 94 valence electrons. The Morgan fingerprint density at radius 3 is 2.65 bits per heavy atom.